The molecule has 24 nitrogen and oxygen atoms in total. The molecule has 67 heavy (non-hydrogen) atoms. The van der Waals surface area contributed by atoms with Gasteiger partial charge in [0.25, 0.3) is 0 Å². The van der Waals surface area contributed by atoms with Crippen molar-refractivity contribution in [2.24, 2.45) is 35.5 Å². The monoisotopic (exact) mass is 962 g/mol. The fourth-order valence-corrected chi connectivity index (χ4v) is 9.16. The van der Waals surface area contributed by atoms with Crippen molar-refractivity contribution in [3.05, 3.63) is 47.0 Å². The van der Waals surface area contributed by atoms with E-state index >= 15 is 0 Å². The predicted molar refractivity (Wildman–Crippen MR) is 218 cm³/mol. The van der Waals surface area contributed by atoms with Gasteiger partial charge in [-0.2, -0.15) is 0 Å². The zero-order chi connectivity index (χ0) is 49.4. The van der Waals surface area contributed by atoms with Gasteiger partial charge in [-0.1, -0.05) is 19.1 Å². The largest absolute Gasteiger partial charge is 0.478 e. The smallest absolute Gasteiger partial charge is 0.337 e. The number of carboxylic acids is 1. The number of hydrogen-bond donors (Lipinski definition) is 11. The molecule has 4 unspecified atom stereocenters. The summed E-state index contributed by atoms with van der Waals surface area (Å²) >= 11 is 0. The summed E-state index contributed by atoms with van der Waals surface area (Å²) in [5, 5.41) is 112. The maximum atomic E-state index is 13.8. The SMILES string of the molecule is C/C=C1\C(O[C@@H]2O[C@H](CO)[C@@H](O)[C@H](O)[C@H]2O)OC=C(C(=O)O)C1CC(=O)OC[C@@H]1[C@H](C)[C@@H](OC(=O)CC2C(C(=O)OC)=COC(O[C@@H]3O[C@H](CO)[C@@H](O)[C@H](O)[C@H]3O)/C2=C\C)C[C@H]1C(CO)CO. The molecule has 3 fully saturated rings. The van der Waals surface area contributed by atoms with E-state index in [1.807, 2.05) is 0 Å². The van der Waals surface area contributed by atoms with Crippen LogP contribution in [0.1, 0.15) is 40.0 Å². The van der Waals surface area contributed by atoms with Crippen LogP contribution in [0.2, 0.25) is 0 Å². The third-order valence-electron chi connectivity index (χ3n) is 13.1. The Kier molecular flexibility index (Phi) is 19.2. The normalized spacial score (nSPS) is 39.0. The number of allylic oxidation sites excluding steroid dienone is 2. The molecule has 11 N–H and O–H groups in total. The van der Waals surface area contributed by atoms with E-state index in [0.29, 0.717) is 0 Å². The van der Waals surface area contributed by atoms with E-state index in [-0.39, 0.29) is 35.3 Å². The number of ether oxygens (including phenoxy) is 9. The minimum absolute atomic E-state index is 0.0936. The average Bonchev–Trinajstić information content (AvgIpc) is 3.61. The lowest BCUT2D eigenvalue weighted by Gasteiger charge is -2.42. The number of aliphatic hydroxyl groups is 10. The van der Waals surface area contributed by atoms with Crippen LogP contribution in [-0.2, 0) is 61.8 Å². The Morgan fingerprint density at radius 1 is 0.716 bits per heavy atom. The van der Waals surface area contributed by atoms with Crippen molar-refractivity contribution in [3.63, 3.8) is 0 Å². The first-order valence-electron chi connectivity index (χ1n) is 21.7. The molecule has 4 aliphatic heterocycles. The summed E-state index contributed by atoms with van der Waals surface area (Å²) in [7, 11) is 1.11. The van der Waals surface area contributed by atoms with E-state index in [9.17, 15) is 75.3 Å². The topological polar surface area (TPSA) is 374 Å². The van der Waals surface area contributed by atoms with Crippen LogP contribution in [0.15, 0.2) is 47.0 Å². The first kappa shape index (κ1) is 53.8. The molecule has 0 radical (unpaired) electrons. The molecule has 2 saturated heterocycles. The van der Waals surface area contributed by atoms with Gasteiger partial charge < -0.3 is 98.8 Å². The highest BCUT2D eigenvalue weighted by atomic mass is 16.8. The Morgan fingerprint density at radius 3 is 1.64 bits per heavy atom. The van der Waals surface area contributed by atoms with Crippen LogP contribution < -0.4 is 0 Å². The van der Waals surface area contributed by atoms with Crippen LogP contribution in [0, 0.1) is 35.5 Å². The molecular formula is C43H62O24. The van der Waals surface area contributed by atoms with E-state index in [2.05, 4.69) is 0 Å². The molecule has 4 heterocycles. The van der Waals surface area contributed by atoms with Crippen molar-refractivity contribution < 1.29 is 118 Å². The van der Waals surface area contributed by atoms with Crippen molar-refractivity contribution >= 4 is 23.9 Å². The summed E-state index contributed by atoms with van der Waals surface area (Å²) in [5.74, 6) is -8.86. The molecule has 0 spiro atoms. The van der Waals surface area contributed by atoms with Crippen LogP contribution in [0.3, 0.4) is 0 Å². The van der Waals surface area contributed by atoms with Crippen LogP contribution in [0.4, 0.5) is 0 Å². The van der Waals surface area contributed by atoms with Crippen LogP contribution in [0.5, 0.6) is 0 Å². The molecule has 0 aromatic heterocycles. The summed E-state index contributed by atoms with van der Waals surface area (Å²) < 4.78 is 50.2. The molecule has 1 aliphatic carbocycles. The van der Waals surface area contributed by atoms with Gasteiger partial charge in [0.05, 0.1) is 63.4 Å². The zero-order valence-corrected chi connectivity index (χ0v) is 37.2. The lowest BCUT2D eigenvalue weighted by molar-refractivity contribution is -0.327. The summed E-state index contributed by atoms with van der Waals surface area (Å²) in [6.07, 6.45) is -16.5. The molecule has 0 aromatic rings. The third kappa shape index (κ3) is 11.8. The molecule has 5 aliphatic rings. The van der Waals surface area contributed by atoms with E-state index in [4.69, 9.17) is 42.6 Å². The predicted octanol–water partition coefficient (Wildman–Crippen LogP) is -3.41. The number of carbonyl (C=O) groups excluding carboxylic acids is 3. The van der Waals surface area contributed by atoms with Gasteiger partial charge in [0.1, 0.15) is 54.9 Å². The minimum atomic E-state index is -1.82. The van der Waals surface area contributed by atoms with E-state index in [0.717, 1.165) is 19.6 Å². The maximum Gasteiger partial charge on any atom is 0.337 e. The molecule has 0 bridgehead atoms. The average molecular weight is 963 g/mol. The summed E-state index contributed by atoms with van der Waals surface area (Å²) in [6, 6.07) is 0. The van der Waals surface area contributed by atoms with E-state index in [1.54, 1.807) is 13.8 Å². The Bertz CT molecular complexity index is 1840. The zero-order valence-electron chi connectivity index (χ0n) is 37.2. The second kappa shape index (κ2) is 23.9. The highest BCUT2D eigenvalue weighted by Crippen LogP contribution is 2.45. The fraction of sp³-hybridized carbons (Fsp3) is 0.721. The number of hydrogen-bond acceptors (Lipinski definition) is 23. The second-order valence-electron chi connectivity index (χ2n) is 16.9. The maximum absolute atomic E-state index is 13.8. The van der Waals surface area contributed by atoms with Gasteiger partial charge in [-0.05, 0) is 32.1 Å². The van der Waals surface area contributed by atoms with Gasteiger partial charge in [-0.15, -0.1) is 0 Å². The van der Waals surface area contributed by atoms with Crippen molar-refractivity contribution in [3.8, 4) is 0 Å². The van der Waals surface area contributed by atoms with Crippen molar-refractivity contribution in [2.75, 3.05) is 40.1 Å². The van der Waals surface area contributed by atoms with Gasteiger partial charge in [-0.3, -0.25) is 9.59 Å². The minimum Gasteiger partial charge on any atom is -0.478 e. The number of aliphatic hydroxyl groups excluding tert-OH is 10. The molecule has 378 valence electrons. The summed E-state index contributed by atoms with van der Waals surface area (Å²) in [4.78, 5) is 52.7. The number of methoxy groups -OCH3 is 1. The van der Waals surface area contributed by atoms with Crippen LogP contribution in [-0.4, -0.2) is 200 Å². The number of carboxylic acid groups (broad SMARTS) is 1. The highest BCUT2D eigenvalue weighted by Gasteiger charge is 2.50. The van der Waals surface area contributed by atoms with Crippen molar-refractivity contribution in [1.82, 2.24) is 0 Å². The summed E-state index contributed by atoms with van der Waals surface area (Å²) in [6.45, 7) is 2.00. The Hall–Kier alpha value is -4.12. The Balaban J connectivity index is 1.28. The number of rotatable bonds is 18. The number of esters is 3. The first-order valence-corrected chi connectivity index (χ1v) is 21.7. The van der Waals surface area contributed by atoms with Gasteiger partial charge in [0.15, 0.2) is 12.6 Å². The first-order chi connectivity index (χ1) is 31.9. The Labute approximate surface area is 384 Å². The second-order valence-corrected chi connectivity index (χ2v) is 16.9. The van der Waals surface area contributed by atoms with Gasteiger partial charge in [0.2, 0.25) is 12.6 Å². The summed E-state index contributed by atoms with van der Waals surface area (Å²) in [5.41, 5.74) is -0.197. The standard InChI is InChI=1S/C43H62O24/c1-5-19-22(25(38(56)57)15-61-40(19)66-42-36(54)34(52)32(50)28(12-46)64-42)8-30(48)60-14-24-17(3)27(7-21(24)18(10-44)11-45)63-31(49)9-23-20(6-2)41(62-16-26(23)39(58)59-4)67-43-37(55)35(53)33(51)29(13-47)65-43/h5-6,15-18,21-24,27-29,32-37,40-47,50-55H,7-14H2,1-4H3,(H,56,57)/b19-5-,20-6-/t17-,21-,22?,23?,24+,27-,28+,29+,32+,33+,34-,35-,36+,37+,40?,41?,42-,43-/m0/s1. The van der Waals surface area contributed by atoms with Crippen LogP contribution >= 0.6 is 0 Å². The fourth-order valence-electron chi connectivity index (χ4n) is 9.16. The Morgan fingerprint density at radius 2 is 1.19 bits per heavy atom. The van der Waals surface area contributed by atoms with Gasteiger partial charge in [-0.25, -0.2) is 9.59 Å². The molecule has 0 amide bonds. The quantitative estimate of drug-likeness (QED) is 0.0362. The van der Waals surface area contributed by atoms with E-state index < -0.39 is 179 Å². The van der Waals surface area contributed by atoms with E-state index in [1.165, 1.54) is 19.1 Å². The number of carbonyl (C=O) groups is 4. The molecular weight excluding hydrogens is 900 g/mol. The molecule has 5 rings (SSSR count). The molecule has 24 heteroatoms. The highest BCUT2D eigenvalue weighted by molar-refractivity contribution is 5.91. The lowest BCUT2D eigenvalue weighted by atomic mass is 9.82. The molecule has 0 aromatic carbocycles. The number of aliphatic carboxylic acids is 1. The van der Waals surface area contributed by atoms with Crippen LogP contribution in [0.25, 0.3) is 0 Å². The van der Waals surface area contributed by atoms with Gasteiger partial charge in [0, 0.05) is 48.0 Å². The van der Waals surface area contributed by atoms with Gasteiger partial charge >= 0.3 is 23.9 Å². The van der Waals surface area contributed by atoms with Crippen molar-refractivity contribution in [2.45, 2.75) is 120 Å². The lowest BCUT2D eigenvalue weighted by Crippen LogP contribution is -2.60. The molecule has 1 saturated carbocycles. The van der Waals surface area contributed by atoms with Crippen molar-refractivity contribution in [1.29, 1.82) is 0 Å². The third-order valence-corrected chi connectivity index (χ3v) is 13.1. The molecule has 18 atom stereocenters.